The standard InChI is InChI=1S/C20H30O5/c1-14(2)20(24)9-6-15-12-16(25-17(15)21)13-19(4,23)8-5-7-18(3,22)10-11-20/h5,8,10-12,14,16,22-24H,6-7,9,13H2,1-4H3/b8-5+,11-10+/t16-,18+,19+,20+/m1/s1. The fraction of sp³-hybridized carbons (Fsp3) is 0.650. The van der Waals surface area contributed by atoms with Gasteiger partial charge < -0.3 is 20.1 Å². The summed E-state index contributed by atoms with van der Waals surface area (Å²) >= 11 is 0. The Hall–Kier alpha value is -1.43. The van der Waals surface area contributed by atoms with E-state index in [4.69, 9.17) is 4.74 Å². The molecule has 0 saturated carbocycles. The van der Waals surface area contributed by atoms with Crippen molar-refractivity contribution in [2.75, 3.05) is 0 Å². The normalized spacial score (nSPS) is 42.5. The number of ether oxygens (including phenoxy) is 1. The number of carbonyl (C=O) groups is 1. The van der Waals surface area contributed by atoms with E-state index in [1.54, 1.807) is 44.2 Å². The van der Waals surface area contributed by atoms with E-state index in [0.29, 0.717) is 24.8 Å². The molecule has 2 bridgehead atoms. The lowest BCUT2D eigenvalue weighted by atomic mass is 9.82. The molecule has 1 aliphatic carbocycles. The van der Waals surface area contributed by atoms with Gasteiger partial charge in [-0.3, -0.25) is 0 Å². The van der Waals surface area contributed by atoms with Crippen LogP contribution in [-0.4, -0.2) is 44.2 Å². The van der Waals surface area contributed by atoms with Crippen molar-refractivity contribution in [3.63, 3.8) is 0 Å². The molecule has 0 aromatic rings. The summed E-state index contributed by atoms with van der Waals surface area (Å²) in [6.45, 7) is 7.12. The van der Waals surface area contributed by atoms with Gasteiger partial charge in [-0.1, -0.05) is 38.2 Å². The molecule has 1 aliphatic heterocycles. The van der Waals surface area contributed by atoms with Gasteiger partial charge in [0, 0.05) is 12.0 Å². The maximum atomic E-state index is 12.1. The van der Waals surface area contributed by atoms with Gasteiger partial charge >= 0.3 is 5.97 Å². The van der Waals surface area contributed by atoms with Crippen molar-refractivity contribution < 1.29 is 24.9 Å². The van der Waals surface area contributed by atoms with E-state index in [2.05, 4.69) is 0 Å². The summed E-state index contributed by atoms with van der Waals surface area (Å²) in [5, 5.41) is 31.9. The minimum absolute atomic E-state index is 0.0717. The van der Waals surface area contributed by atoms with E-state index >= 15 is 0 Å². The molecular weight excluding hydrogens is 320 g/mol. The molecule has 0 saturated heterocycles. The van der Waals surface area contributed by atoms with Gasteiger partial charge in [0.05, 0.1) is 16.8 Å². The highest BCUT2D eigenvalue weighted by atomic mass is 16.5. The Morgan fingerprint density at radius 1 is 1.12 bits per heavy atom. The Morgan fingerprint density at radius 3 is 2.44 bits per heavy atom. The Balaban J connectivity index is 2.35. The zero-order chi connectivity index (χ0) is 18.9. The maximum absolute atomic E-state index is 12.1. The van der Waals surface area contributed by atoms with Crippen LogP contribution in [-0.2, 0) is 9.53 Å². The lowest BCUT2D eigenvalue weighted by Gasteiger charge is -2.30. The Labute approximate surface area is 149 Å². The summed E-state index contributed by atoms with van der Waals surface area (Å²) in [4.78, 5) is 12.1. The first kappa shape index (κ1) is 19.9. The lowest BCUT2D eigenvalue weighted by Crippen LogP contribution is -2.34. The zero-order valence-electron chi connectivity index (χ0n) is 15.5. The van der Waals surface area contributed by atoms with E-state index in [-0.39, 0.29) is 18.3 Å². The number of hydrogen-bond acceptors (Lipinski definition) is 5. The molecular formula is C20H30O5. The molecule has 3 N–H and O–H groups in total. The van der Waals surface area contributed by atoms with Crippen LogP contribution in [0.4, 0.5) is 0 Å². The van der Waals surface area contributed by atoms with Crippen LogP contribution in [0.25, 0.3) is 0 Å². The molecule has 2 rings (SSSR count). The largest absolute Gasteiger partial charge is 0.455 e. The second kappa shape index (κ2) is 7.06. The first-order valence-corrected chi connectivity index (χ1v) is 8.89. The third kappa shape index (κ3) is 5.27. The van der Waals surface area contributed by atoms with Crippen molar-refractivity contribution in [1.82, 2.24) is 0 Å². The van der Waals surface area contributed by atoms with Crippen LogP contribution in [0.5, 0.6) is 0 Å². The van der Waals surface area contributed by atoms with Crippen molar-refractivity contribution in [3.8, 4) is 0 Å². The quantitative estimate of drug-likeness (QED) is 0.499. The highest BCUT2D eigenvalue weighted by Crippen LogP contribution is 2.32. The molecule has 25 heavy (non-hydrogen) atoms. The van der Waals surface area contributed by atoms with Crippen LogP contribution in [0.3, 0.4) is 0 Å². The van der Waals surface area contributed by atoms with Crippen LogP contribution in [0.1, 0.15) is 53.4 Å². The van der Waals surface area contributed by atoms with Crippen molar-refractivity contribution in [2.45, 2.75) is 76.3 Å². The van der Waals surface area contributed by atoms with Gasteiger partial charge in [0.2, 0.25) is 0 Å². The average molecular weight is 350 g/mol. The first-order valence-electron chi connectivity index (χ1n) is 8.89. The highest BCUT2D eigenvalue weighted by molar-refractivity contribution is 5.90. The predicted octanol–water partition coefficient (Wildman–Crippen LogP) is 2.41. The van der Waals surface area contributed by atoms with Gasteiger partial charge in [-0.25, -0.2) is 4.79 Å². The third-order valence-electron chi connectivity index (χ3n) is 5.06. The SMILES string of the molecule is CC(C)[C@@]1(O)/C=C/[C@@](C)(O)C/C=C/[C@](C)(O)C[C@H]2C=C(CC1)C(=O)O2. The maximum Gasteiger partial charge on any atom is 0.334 e. The fourth-order valence-corrected chi connectivity index (χ4v) is 3.14. The smallest absolute Gasteiger partial charge is 0.334 e. The minimum atomic E-state index is -1.14. The summed E-state index contributed by atoms with van der Waals surface area (Å²) in [5.41, 5.74) is -2.87. The van der Waals surface area contributed by atoms with Crippen LogP contribution in [0.2, 0.25) is 0 Å². The molecule has 4 atom stereocenters. The second-order valence-corrected chi connectivity index (χ2v) is 8.14. The summed E-state index contributed by atoms with van der Waals surface area (Å²) in [7, 11) is 0. The molecule has 0 radical (unpaired) electrons. The predicted molar refractivity (Wildman–Crippen MR) is 95.7 cm³/mol. The van der Waals surface area contributed by atoms with Crippen molar-refractivity contribution >= 4 is 5.97 Å². The summed E-state index contributed by atoms with van der Waals surface area (Å²) in [5.74, 6) is -0.459. The van der Waals surface area contributed by atoms with Crippen LogP contribution < -0.4 is 0 Å². The molecule has 0 spiro atoms. The van der Waals surface area contributed by atoms with Gasteiger partial charge in [0.1, 0.15) is 6.10 Å². The van der Waals surface area contributed by atoms with Gasteiger partial charge in [0.25, 0.3) is 0 Å². The third-order valence-corrected chi connectivity index (χ3v) is 5.06. The number of rotatable bonds is 1. The van der Waals surface area contributed by atoms with Gasteiger partial charge in [-0.15, -0.1) is 0 Å². The summed E-state index contributed by atoms with van der Waals surface area (Å²) in [6.07, 6.45) is 9.14. The highest BCUT2D eigenvalue weighted by Gasteiger charge is 2.34. The van der Waals surface area contributed by atoms with Gasteiger partial charge in [-0.2, -0.15) is 0 Å². The number of esters is 1. The molecule has 2 aliphatic rings. The molecule has 1 heterocycles. The number of hydrogen-bond donors (Lipinski definition) is 3. The van der Waals surface area contributed by atoms with Crippen LogP contribution in [0.15, 0.2) is 36.0 Å². The molecule has 0 unspecified atom stereocenters. The fourth-order valence-electron chi connectivity index (χ4n) is 3.14. The lowest BCUT2D eigenvalue weighted by molar-refractivity contribution is -0.141. The molecule has 0 aromatic carbocycles. The van der Waals surface area contributed by atoms with Crippen molar-refractivity contribution in [3.05, 3.63) is 36.0 Å². The number of aliphatic hydroxyl groups is 3. The van der Waals surface area contributed by atoms with Crippen LogP contribution in [0, 0.1) is 5.92 Å². The molecule has 0 fully saturated rings. The average Bonchev–Trinajstić information content (AvgIpc) is 2.80. The van der Waals surface area contributed by atoms with E-state index in [9.17, 15) is 20.1 Å². The monoisotopic (exact) mass is 350 g/mol. The Kier molecular flexibility index (Phi) is 5.62. The Bertz CT molecular complexity index is 597. The summed E-state index contributed by atoms with van der Waals surface area (Å²) in [6, 6.07) is 0. The van der Waals surface area contributed by atoms with E-state index in [1.807, 2.05) is 13.8 Å². The number of carbonyl (C=O) groups excluding carboxylic acids is 1. The van der Waals surface area contributed by atoms with E-state index < -0.39 is 22.9 Å². The topological polar surface area (TPSA) is 87.0 Å². The first-order chi connectivity index (χ1) is 11.4. The molecule has 0 aromatic heterocycles. The zero-order valence-corrected chi connectivity index (χ0v) is 15.5. The summed E-state index contributed by atoms with van der Waals surface area (Å²) < 4.78 is 5.33. The van der Waals surface area contributed by atoms with Crippen molar-refractivity contribution in [2.24, 2.45) is 5.92 Å². The molecule has 5 nitrogen and oxygen atoms in total. The van der Waals surface area contributed by atoms with Crippen molar-refractivity contribution in [1.29, 1.82) is 0 Å². The van der Waals surface area contributed by atoms with E-state index in [0.717, 1.165) is 0 Å². The molecule has 5 heteroatoms. The van der Waals surface area contributed by atoms with Gasteiger partial charge in [-0.05, 0) is 45.1 Å². The minimum Gasteiger partial charge on any atom is -0.455 e. The number of fused-ring (bicyclic) bond motifs is 1. The second-order valence-electron chi connectivity index (χ2n) is 8.14. The Morgan fingerprint density at radius 2 is 1.80 bits per heavy atom. The van der Waals surface area contributed by atoms with Gasteiger partial charge in [0.15, 0.2) is 0 Å². The van der Waals surface area contributed by atoms with E-state index in [1.165, 1.54) is 0 Å². The van der Waals surface area contributed by atoms with Crippen LogP contribution >= 0.6 is 0 Å². The molecule has 0 amide bonds. The molecule has 140 valence electrons.